The summed E-state index contributed by atoms with van der Waals surface area (Å²) >= 11 is 0. The van der Waals surface area contributed by atoms with Crippen LogP contribution in [-0.4, -0.2) is 24.4 Å². The van der Waals surface area contributed by atoms with Gasteiger partial charge in [0.05, 0.1) is 12.5 Å². The van der Waals surface area contributed by atoms with Crippen LogP contribution in [0, 0.1) is 23.0 Å². The van der Waals surface area contributed by atoms with Crippen molar-refractivity contribution in [3.63, 3.8) is 0 Å². The Balaban J connectivity index is 2.84. The topological polar surface area (TPSA) is 44.1 Å². The molecule has 5 heteroatoms. The summed E-state index contributed by atoms with van der Waals surface area (Å²) in [7, 11) is 1.47. The van der Waals surface area contributed by atoms with Gasteiger partial charge in [0.2, 0.25) is 0 Å². The van der Waals surface area contributed by atoms with Gasteiger partial charge >= 0.3 is 0 Å². The third kappa shape index (κ3) is 3.02. The van der Waals surface area contributed by atoms with Crippen molar-refractivity contribution < 1.29 is 13.6 Å². The third-order valence-corrected chi connectivity index (χ3v) is 2.02. The van der Waals surface area contributed by atoms with Crippen LogP contribution in [-0.2, 0) is 0 Å². The molecule has 1 aromatic carbocycles. The first kappa shape index (κ1) is 12.1. The van der Waals surface area contributed by atoms with Crippen LogP contribution in [0.2, 0.25) is 0 Å². The average molecular weight is 224 g/mol. The molecule has 0 spiro atoms. The predicted octanol–water partition coefficient (Wildman–Crippen LogP) is 1.95. The molecule has 1 rings (SSSR count). The lowest BCUT2D eigenvalue weighted by atomic mass is 10.2. The van der Waals surface area contributed by atoms with Gasteiger partial charge in [-0.2, -0.15) is 5.26 Å². The highest BCUT2D eigenvalue weighted by atomic mass is 19.1. The molecule has 0 aliphatic carbocycles. The fraction of sp³-hybridized carbons (Fsp3) is 0.273. The lowest BCUT2D eigenvalue weighted by Crippen LogP contribution is -2.27. The maximum atomic E-state index is 12.8. The number of nitrogens with zero attached hydrogens (tertiary/aromatic N) is 2. The number of benzene rings is 1. The molecule has 0 aliphatic rings. The van der Waals surface area contributed by atoms with Crippen molar-refractivity contribution >= 4 is 5.91 Å². The molecule has 0 aromatic heterocycles. The van der Waals surface area contributed by atoms with Crippen molar-refractivity contribution in [2.24, 2.45) is 0 Å². The van der Waals surface area contributed by atoms with Gasteiger partial charge in [-0.1, -0.05) is 0 Å². The number of halogens is 2. The molecule has 0 saturated heterocycles. The zero-order valence-corrected chi connectivity index (χ0v) is 8.70. The van der Waals surface area contributed by atoms with Crippen LogP contribution in [0.5, 0.6) is 0 Å². The summed E-state index contributed by atoms with van der Waals surface area (Å²) < 4.78 is 25.7. The van der Waals surface area contributed by atoms with E-state index in [0.717, 1.165) is 12.1 Å². The molecule has 0 bridgehead atoms. The van der Waals surface area contributed by atoms with Gasteiger partial charge in [0, 0.05) is 25.2 Å². The van der Waals surface area contributed by atoms with Crippen molar-refractivity contribution in [2.75, 3.05) is 13.6 Å². The van der Waals surface area contributed by atoms with E-state index in [9.17, 15) is 13.6 Å². The van der Waals surface area contributed by atoms with Crippen LogP contribution in [0.4, 0.5) is 8.78 Å². The maximum Gasteiger partial charge on any atom is 0.253 e. The molecule has 0 aliphatic heterocycles. The van der Waals surface area contributed by atoms with Crippen molar-refractivity contribution in [3.8, 4) is 6.07 Å². The first-order valence-corrected chi connectivity index (χ1v) is 4.63. The highest BCUT2D eigenvalue weighted by molar-refractivity contribution is 5.94. The second-order valence-electron chi connectivity index (χ2n) is 3.29. The van der Waals surface area contributed by atoms with E-state index < -0.39 is 17.5 Å². The minimum absolute atomic E-state index is 0.0575. The maximum absolute atomic E-state index is 12.8. The van der Waals surface area contributed by atoms with Crippen molar-refractivity contribution in [2.45, 2.75) is 6.42 Å². The first-order valence-electron chi connectivity index (χ1n) is 4.63. The minimum atomic E-state index is -0.794. The molecule has 0 saturated carbocycles. The van der Waals surface area contributed by atoms with Gasteiger partial charge in [-0.3, -0.25) is 4.79 Å². The van der Waals surface area contributed by atoms with Crippen LogP contribution in [0.3, 0.4) is 0 Å². The summed E-state index contributed by atoms with van der Waals surface area (Å²) in [5.41, 5.74) is -0.0575. The summed E-state index contributed by atoms with van der Waals surface area (Å²) in [6.45, 7) is 0.230. The standard InChI is InChI=1S/C11H10F2N2O/c1-15(4-2-3-14)11(16)8-5-9(12)7-10(13)6-8/h5-7H,2,4H2,1H3. The van der Waals surface area contributed by atoms with Gasteiger partial charge in [-0.05, 0) is 12.1 Å². The van der Waals surface area contributed by atoms with Crippen molar-refractivity contribution in [1.82, 2.24) is 4.90 Å². The molecule has 1 aromatic rings. The number of nitriles is 1. The highest BCUT2D eigenvalue weighted by Crippen LogP contribution is 2.10. The van der Waals surface area contributed by atoms with Gasteiger partial charge in [0.1, 0.15) is 11.6 Å². The molecule has 0 heterocycles. The second-order valence-corrected chi connectivity index (χ2v) is 3.29. The molecule has 0 radical (unpaired) electrons. The summed E-state index contributed by atoms with van der Waals surface area (Å²) in [5.74, 6) is -2.09. The van der Waals surface area contributed by atoms with Crippen molar-refractivity contribution in [1.29, 1.82) is 5.26 Å². The van der Waals surface area contributed by atoms with Gasteiger partial charge in [-0.25, -0.2) is 8.78 Å². The number of rotatable bonds is 3. The zero-order chi connectivity index (χ0) is 12.1. The summed E-state index contributed by atoms with van der Waals surface area (Å²) in [6.07, 6.45) is 0.181. The average Bonchev–Trinajstić information content (AvgIpc) is 2.23. The summed E-state index contributed by atoms with van der Waals surface area (Å²) in [6, 6.07) is 4.52. The largest absolute Gasteiger partial charge is 0.341 e. The number of hydrogen-bond donors (Lipinski definition) is 0. The van der Waals surface area contributed by atoms with E-state index in [1.165, 1.54) is 11.9 Å². The van der Waals surface area contributed by atoms with Crippen molar-refractivity contribution in [3.05, 3.63) is 35.4 Å². The zero-order valence-electron chi connectivity index (χ0n) is 8.70. The SMILES string of the molecule is CN(CCC#N)C(=O)c1cc(F)cc(F)c1. The van der Waals surface area contributed by atoms with Crippen LogP contribution in [0.25, 0.3) is 0 Å². The Morgan fingerprint density at radius 3 is 2.44 bits per heavy atom. The highest BCUT2D eigenvalue weighted by Gasteiger charge is 2.13. The first-order chi connectivity index (χ1) is 7.54. The van der Waals surface area contributed by atoms with Gasteiger partial charge < -0.3 is 4.90 Å². The second kappa shape index (κ2) is 5.21. The van der Waals surface area contributed by atoms with Crippen LogP contribution >= 0.6 is 0 Å². The van der Waals surface area contributed by atoms with E-state index in [2.05, 4.69) is 0 Å². The monoisotopic (exact) mass is 224 g/mol. The van der Waals surface area contributed by atoms with Crippen LogP contribution < -0.4 is 0 Å². The molecule has 0 unspecified atom stereocenters. The molecular weight excluding hydrogens is 214 g/mol. The molecule has 0 fully saturated rings. The van der Waals surface area contributed by atoms with Gasteiger partial charge in [0.15, 0.2) is 0 Å². The molecule has 0 N–H and O–H groups in total. The number of amides is 1. The third-order valence-electron chi connectivity index (χ3n) is 2.02. The fourth-order valence-corrected chi connectivity index (χ4v) is 1.22. The van der Waals surface area contributed by atoms with E-state index in [1.807, 2.05) is 6.07 Å². The summed E-state index contributed by atoms with van der Waals surface area (Å²) in [5, 5.41) is 8.35. The Morgan fingerprint density at radius 1 is 1.38 bits per heavy atom. The lowest BCUT2D eigenvalue weighted by molar-refractivity contribution is 0.0797. The predicted molar refractivity (Wildman–Crippen MR) is 53.5 cm³/mol. The number of carbonyl (C=O) groups is 1. The Morgan fingerprint density at radius 2 is 1.94 bits per heavy atom. The molecule has 16 heavy (non-hydrogen) atoms. The van der Waals surface area contributed by atoms with Gasteiger partial charge in [-0.15, -0.1) is 0 Å². The Kier molecular flexibility index (Phi) is 3.95. The fourth-order valence-electron chi connectivity index (χ4n) is 1.22. The van der Waals surface area contributed by atoms with Crippen LogP contribution in [0.1, 0.15) is 16.8 Å². The van der Waals surface area contributed by atoms with E-state index in [0.29, 0.717) is 6.07 Å². The Hall–Kier alpha value is -1.96. The Labute approximate surface area is 91.9 Å². The lowest BCUT2D eigenvalue weighted by Gasteiger charge is -2.15. The van der Waals surface area contributed by atoms with Crippen LogP contribution in [0.15, 0.2) is 18.2 Å². The summed E-state index contributed by atoms with van der Waals surface area (Å²) in [4.78, 5) is 12.9. The van der Waals surface area contributed by atoms with E-state index in [4.69, 9.17) is 5.26 Å². The normalized spacial score (nSPS) is 9.62. The quantitative estimate of drug-likeness (QED) is 0.787. The molecule has 84 valence electrons. The molecule has 3 nitrogen and oxygen atoms in total. The number of carbonyl (C=O) groups excluding carboxylic acids is 1. The smallest absolute Gasteiger partial charge is 0.253 e. The number of hydrogen-bond acceptors (Lipinski definition) is 2. The molecule has 0 atom stereocenters. The van der Waals surface area contributed by atoms with E-state index in [-0.39, 0.29) is 18.5 Å². The van der Waals surface area contributed by atoms with E-state index >= 15 is 0 Å². The molecular formula is C11H10F2N2O. The minimum Gasteiger partial charge on any atom is -0.341 e. The van der Waals surface area contributed by atoms with E-state index in [1.54, 1.807) is 0 Å². The molecule has 1 amide bonds. The van der Waals surface area contributed by atoms with Gasteiger partial charge in [0.25, 0.3) is 5.91 Å². The Bertz CT molecular complexity index is 420.